The minimum Gasteiger partial charge on any atom is -0.495 e. The fraction of sp³-hybridized carbons (Fsp3) is 0.360. The van der Waals surface area contributed by atoms with E-state index in [-0.39, 0.29) is 23.7 Å². The maximum absolute atomic E-state index is 13.3. The molecule has 1 saturated heterocycles. The lowest BCUT2D eigenvalue weighted by atomic mass is 9.89. The lowest BCUT2D eigenvalue weighted by molar-refractivity contribution is -0.140. The van der Waals surface area contributed by atoms with Crippen LogP contribution in [0.1, 0.15) is 42.6 Å². The Hall–Kier alpha value is -3.15. The number of halogens is 1. The predicted octanol–water partition coefficient (Wildman–Crippen LogP) is 4.87. The van der Waals surface area contributed by atoms with E-state index in [0.717, 1.165) is 47.6 Å². The summed E-state index contributed by atoms with van der Waals surface area (Å²) in [6.45, 7) is 4.69. The van der Waals surface area contributed by atoms with Crippen LogP contribution >= 0.6 is 0 Å². The zero-order chi connectivity index (χ0) is 22.0. The summed E-state index contributed by atoms with van der Waals surface area (Å²) >= 11 is 0. The van der Waals surface area contributed by atoms with Gasteiger partial charge in [0.2, 0.25) is 5.91 Å². The Morgan fingerprint density at radius 2 is 2.00 bits per heavy atom. The summed E-state index contributed by atoms with van der Waals surface area (Å²) in [5.74, 6) is 0.593. The molecule has 1 fully saturated rings. The van der Waals surface area contributed by atoms with Crippen molar-refractivity contribution in [1.82, 2.24) is 14.5 Å². The first-order valence-corrected chi connectivity index (χ1v) is 10.7. The molecule has 1 amide bonds. The van der Waals surface area contributed by atoms with Gasteiger partial charge in [0, 0.05) is 18.7 Å². The first-order valence-electron chi connectivity index (χ1n) is 10.7. The molecule has 0 radical (unpaired) electrons. The zero-order valence-corrected chi connectivity index (χ0v) is 18.2. The lowest BCUT2D eigenvalue weighted by Gasteiger charge is -2.37. The summed E-state index contributed by atoms with van der Waals surface area (Å²) in [5, 5.41) is 0. The van der Waals surface area contributed by atoms with E-state index in [1.165, 1.54) is 12.1 Å². The number of aryl methyl sites for hydroxylation is 1. The minimum absolute atomic E-state index is 0.0670. The van der Waals surface area contributed by atoms with Gasteiger partial charge in [-0.1, -0.05) is 18.2 Å². The Morgan fingerprint density at radius 1 is 1.23 bits per heavy atom. The highest BCUT2D eigenvalue weighted by molar-refractivity contribution is 5.80. The smallest absolute Gasteiger partial charge is 0.226 e. The van der Waals surface area contributed by atoms with Crippen LogP contribution < -0.4 is 4.74 Å². The molecule has 31 heavy (non-hydrogen) atoms. The molecule has 1 aliphatic heterocycles. The van der Waals surface area contributed by atoms with Gasteiger partial charge in [0.1, 0.15) is 11.6 Å². The molecule has 0 spiro atoms. The molecule has 4 rings (SSSR count). The Bertz CT molecular complexity index is 1060. The first kappa shape index (κ1) is 21.1. The van der Waals surface area contributed by atoms with Gasteiger partial charge in [-0.2, -0.15) is 0 Å². The number of rotatable bonds is 6. The van der Waals surface area contributed by atoms with E-state index in [1.807, 2.05) is 41.6 Å². The molecule has 2 heterocycles. The monoisotopic (exact) mass is 421 g/mol. The topological polar surface area (TPSA) is 47.4 Å². The van der Waals surface area contributed by atoms with E-state index >= 15 is 0 Å². The van der Waals surface area contributed by atoms with E-state index in [1.54, 1.807) is 25.6 Å². The second-order valence-corrected chi connectivity index (χ2v) is 8.23. The van der Waals surface area contributed by atoms with E-state index in [4.69, 9.17) is 4.74 Å². The van der Waals surface area contributed by atoms with Gasteiger partial charge < -0.3 is 14.2 Å². The van der Waals surface area contributed by atoms with E-state index in [9.17, 15) is 9.18 Å². The van der Waals surface area contributed by atoms with Gasteiger partial charge in [-0.3, -0.25) is 4.79 Å². The number of hydrogen-bond acceptors (Lipinski definition) is 3. The largest absolute Gasteiger partial charge is 0.495 e. The van der Waals surface area contributed by atoms with Crippen molar-refractivity contribution in [3.8, 4) is 11.4 Å². The van der Waals surface area contributed by atoms with Crippen LogP contribution in [-0.2, 0) is 11.2 Å². The van der Waals surface area contributed by atoms with Gasteiger partial charge in [-0.15, -0.1) is 0 Å². The van der Waals surface area contributed by atoms with Crippen molar-refractivity contribution in [3.05, 3.63) is 77.6 Å². The average molecular weight is 422 g/mol. The number of benzene rings is 2. The molecule has 1 unspecified atom stereocenters. The molecule has 0 aliphatic carbocycles. The predicted molar refractivity (Wildman–Crippen MR) is 118 cm³/mol. The molecule has 2 atom stereocenters. The molecule has 3 aromatic rings. The number of imidazole rings is 1. The number of carbonyl (C=O) groups excluding carboxylic acids is 1. The maximum atomic E-state index is 13.3. The number of amides is 1. The number of nitrogens with zero attached hydrogens (tertiary/aromatic N) is 3. The molecule has 0 bridgehead atoms. The van der Waals surface area contributed by atoms with E-state index < -0.39 is 0 Å². The quantitative estimate of drug-likeness (QED) is 0.570. The Kier molecular flexibility index (Phi) is 6.07. The van der Waals surface area contributed by atoms with Gasteiger partial charge in [0.25, 0.3) is 0 Å². The van der Waals surface area contributed by atoms with Crippen LogP contribution in [0.4, 0.5) is 4.39 Å². The van der Waals surface area contributed by atoms with Crippen molar-refractivity contribution >= 4 is 5.91 Å². The molecule has 1 aliphatic rings. The van der Waals surface area contributed by atoms with E-state index in [2.05, 4.69) is 11.1 Å². The Balaban J connectivity index is 1.51. The molecular formula is C25H28FN3O2. The highest BCUT2D eigenvalue weighted by atomic mass is 19.1. The van der Waals surface area contributed by atoms with Crippen LogP contribution in [0.5, 0.6) is 5.75 Å². The normalized spacial score (nSPS) is 17.6. The number of carbonyl (C=O) groups is 1. The van der Waals surface area contributed by atoms with Crippen molar-refractivity contribution < 1.29 is 13.9 Å². The van der Waals surface area contributed by atoms with Crippen molar-refractivity contribution in [2.75, 3.05) is 13.7 Å². The molecule has 0 N–H and O–H groups in total. The zero-order valence-electron chi connectivity index (χ0n) is 18.2. The summed E-state index contributed by atoms with van der Waals surface area (Å²) < 4.78 is 20.8. The van der Waals surface area contributed by atoms with Crippen LogP contribution in [-0.4, -0.2) is 34.0 Å². The number of hydrogen-bond donors (Lipinski definition) is 0. The second kappa shape index (κ2) is 8.92. The average Bonchev–Trinajstić information content (AvgIpc) is 3.21. The van der Waals surface area contributed by atoms with Crippen LogP contribution in [0.15, 0.2) is 55.0 Å². The standard InChI is InChI=1S/C25H28FN3O2/c1-17-15-28(16-27-17)23-11-6-19(14-24(23)31-3)13-21-5-4-12-29(25(21)30)18(2)20-7-9-22(26)10-8-20/h6-11,14-16,18,21H,4-5,12-13H2,1-3H3/t18-,21?/m0/s1. The van der Waals surface area contributed by atoms with Crippen LogP contribution in [0, 0.1) is 18.7 Å². The Labute approximate surface area is 182 Å². The molecule has 162 valence electrons. The fourth-order valence-electron chi connectivity index (χ4n) is 4.37. The molecule has 0 saturated carbocycles. The van der Waals surface area contributed by atoms with Crippen LogP contribution in [0.3, 0.4) is 0 Å². The number of methoxy groups -OCH3 is 1. The van der Waals surface area contributed by atoms with Gasteiger partial charge in [-0.25, -0.2) is 9.37 Å². The van der Waals surface area contributed by atoms with Crippen molar-refractivity contribution in [3.63, 3.8) is 0 Å². The number of ether oxygens (including phenoxy) is 1. The first-order chi connectivity index (χ1) is 15.0. The van der Waals surface area contributed by atoms with Gasteiger partial charge >= 0.3 is 0 Å². The van der Waals surface area contributed by atoms with Gasteiger partial charge in [-0.05, 0) is 68.5 Å². The minimum atomic E-state index is -0.262. The molecule has 2 aromatic carbocycles. The highest BCUT2D eigenvalue weighted by Crippen LogP contribution is 2.31. The highest BCUT2D eigenvalue weighted by Gasteiger charge is 2.32. The van der Waals surface area contributed by atoms with Crippen molar-refractivity contribution in [2.45, 2.75) is 39.2 Å². The van der Waals surface area contributed by atoms with Crippen LogP contribution in [0.2, 0.25) is 0 Å². The number of aromatic nitrogens is 2. The second-order valence-electron chi connectivity index (χ2n) is 8.23. The molecule has 6 heteroatoms. The van der Waals surface area contributed by atoms with Crippen molar-refractivity contribution in [1.29, 1.82) is 0 Å². The summed E-state index contributed by atoms with van der Waals surface area (Å²) in [6.07, 6.45) is 6.23. The maximum Gasteiger partial charge on any atom is 0.226 e. The fourth-order valence-corrected chi connectivity index (χ4v) is 4.37. The molecule has 5 nitrogen and oxygen atoms in total. The number of likely N-dealkylation sites (tertiary alicyclic amines) is 1. The third kappa shape index (κ3) is 4.48. The van der Waals surface area contributed by atoms with E-state index in [0.29, 0.717) is 6.42 Å². The lowest BCUT2D eigenvalue weighted by Crippen LogP contribution is -2.43. The third-order valence-electron chi connectivity index (χ3n) is 6.12. The van der Waals surface area contributed by atoms with Gasteiger partial charge in [0.05, 0.1) is 30.9 Å². The molecule has 1 aromatic heterocycles. The summed E-state index contributed by atoms with van der Waals surface area (Å²) in [4.78, 5) is 19.5. The van der Waals surface area contributed by atoms with Crippen LogP contribution in [0.25, 0.3) is 5.69 Å². The molecular weight excluding hydrogens is 393 g/mol. The summed E-state index contributed by atoms with van der Waals surface area (Å²) in [7, 11) is 1.66. The summed E-state index contributed by atoms with van der Waals surface area (Å²) in [6, 6.07) is 12.4. The summed E-state index contributed by atoms with van der Waals surface area (Å²) in [5.41, 5.74) is 3.90. The SMILES string of the molecule is COc1cc(CC2CCCN([C@@H](C)c3ccc(F)cc3)C2=O)ccc1-n1cnc(C)c1. The number of piperidine rings is 1. The Morgan fingerprint density at radius 3 is 2.68 bits per heavy atom. The third-order valence-corrected chi connectivity index (χ3v) is 6.12. The van der Waals surface area contributed by atoms with Gasteiger partial charge in [0.15, 0.2) is 0 Å². The van der Waals surface area contributed by atoms with Crippen molar-refractivity contribution in [2.24, 2.45) is 5.92 Å².